The number of nitro groups is 1. The first-order valence-electron chi connectivity index (χ1n) is 8.92. The van der Waals surface area contributed by atoms with E-state index in [1.54, 1.807) is 24.3 Å². The SMILES string of the molecule is O=C(COc1ccc(C=NNc2ccc([N+](=O)[O-])cc2)cc1Cl)Nc1ccccc1F. The monoisotopic (exact) mass is 442 g/mol. The number of nitrogens with zero attached hydrogens (tertiary/aromatic N) is 2. The second-order valence-electron chi connectivity index (χ2n) is 6.18. The van der Waals surface area contributed by atoms with Gasteiger partial charge in [0.2, 0.25) is 0 Å². The minimum absolute atomic E-state index is 0.0144. The topological polar surface area (TPSA) is 106 Å². The zero-order valence-corrected chi connectivity index (χ0v) is 16.7. The van der Waals surface area contributed by atoms with Crippen LogP contribution in [-0.2, 0) is 4.79 Å². The molecule has 0 saturated heterocycles. The number of benzene rings is 3. The van der Waals surface area contributed by atoms with Crippen molar-refractivity contribution < 1.29 is 18.8 Å². The number of carbonyl (C=O) groups is 1. The van der Waals surface area contributed by atoms with E-state index < -0.39 is 16.6 Å². The molecule has 3 rings (SSSR count). The summed E-state index contributed by atoms with van der Waals surface area (Å²) in [4.78, 5) is 22.1. The third kappa shape index (κ3) is 6.25. The molecule has 158 valence electrons. The molecule has 0 unspecified atom stereocenters. The van der Waals surface area contributed by atoms with Crippen LogP contribution in [0.5, 0.6) is 5.75 Å². The Balaban J connectivity index is 1.53. The number of nitro benzene ring substituents is 1. The number of nitrogens with one attached hydrogen (secondary N) is 2. The van der Waals surface area contributed by atoms with Gasteiger partial charge in [0.1, 0.15) is 11.6 Å². The lowest BCUT2D eigenvalue weighted by Gasteiger charge is -2.09. The number of rotatable bonds is 8. The highest BCUT2D eigenvalue weighted by Gasteiger charge is 2.09. The summed E-state index contributed by atoms with van der Waals surface area (Å²) in [6.07, 6.45) is 1.50. The van der Waals surface area contributed by atoms with Crippen LogP contribution in [-0.4, -0.2) is 23.7 Å². The Labute approximate surface area is 181 Å². The summed E-state index contributed by atoms with van der Waals surface area (Å²) >= 11 is 6.18. The smallest absolute Gasteiger partial charge is 0.269 e. The van der Waals surface area contributed by atoms with E-state index in [4.69, 9.17) is 16.3 Å². The van der Waals surface area contributed by atoms with Gasteiger partial charge in [-0.15, -0.1) is 0 Å². The second kappa shape index (κ2) is 10.2. The summed E-state index contributed by atoms with van der Waals surface area (Å²) in [6.45, 7) is -0.344. The molecule has 0 aliphatic carbocycles. The highest BCUT2D eigenvalue weighted by Crippen LogP contribution is 2.25. The standard InChI is InChI=1S/C21H16ClFN4O4/c22-17-11-14(12-24-26-15-6-8-16(9-7-15)27(29)30)5-10-20(17)31-13-21(28)25-19-4-2-1-3-18(19)23/h1-12,26H,13H2,(H,25,28). The number of anilines is 2. The lowest BCUT2D eigenvalue weighted by Crippen LogP contribution is -2.20. The van der Waals surface area contributed by atoms with E-state index in [1.807, 2.05) is 0 Å². The fraction of sp³-hybridized carbons (Fsp3) is 0.0476. The van der Waals surface area contributed by atoms with Crippen LogP contribution in [0.2, 0.25) is 5.02 Å². The van der Waals surface area contributed by atoms with Crippen molar-refractivity contribution in [2.75, 3.05) is 17.3 Å². The number of carbonyl (C=O) groups excluding carboxylic acids is 1. The Morgan fingerprint density at radius 3 is 2.58 bits per heavy atom. The van der Waals surface area contributed by atoms with Gasteiger partial charge in [-0.2, -0.15) is 5.10 Å². The minimum Gasteiger partial charge on any atom is -0.482 e. The van der Waals surface area contributed by atoms with E-state index >= 15 is 0 Å². The summed E-state index contributed by atoms with van der Waals surface area (Å²) in [5.74, 6) is -0.787. The first-order valence-corrected chi connectivity index (χ1v) is 9.30. The quantitative estimate of drug-likeness (QED) is 0.294. The van der Waals surface area contributed by atoms with E-state index in [-0.39, 0.29) is 28.8 Å². The Bertz CT molecular complexity index is 1120. The molecule has 1 amide bonds. The molecule has 0 atom stereocenters. The van der Waals surface area contributed by atoms with Crippen LogP contribution in [0.3, 0.4) is 0 Å². The highest BCUT2D eigenvalue weighted by atomic mass is 35.5. The van der Waals surface area contributed by atoms with Crippen molar-refractivity contribution in [3.05, 3.63) is 93.2 Å². The van der Waals surface area contributed by atoms with Gasteiger partial charge in [0.25, 0.3) is 11.6 Å². The molecule has 8 nitrogen and oxygen atoms in total. The maximum absolute atomic E-state index is 13.6. The van der Waals surface area contributed by atoms with Crippen molar-refractivity contribution >= 4 is 40.8 Å². The number of hydrogen-bond acceptors (Lipinski definition) is 6. The van der Waals surface area contributed by atoms with Crippen molar-refractivity contribution in [1.82, 2.24) is 0 Å². The minimum atomic E-state index is -0.542. The number of para-hydroxylation sites is 1. The van der Waals surface area contributed by atoms with Gasteiger partial charge in [0, 0.05) is 12.1 Å². The largest absolute Gasteiger partial charge is 0.482 e. The average molecular weight is 443 g/mol. The Morgan fingerprint density at radius 1 is 1.16 bits per heavy atom. The molecule has 0 saturated carbocycles. The maximum atomic E-state index is 13.6. The third-order valence-corrected chi connectivity index (χ3v) is 4.24. The molecule has 0 fully saturated rings. The van der Waals surface area contributed by atoms with Gasteiger partial charge in [-0.1, -0.05) is 23.7 Å². The van der Waals surface area contributed by atoms with Gasteiger partial charge in [-0.05, 0) is 48.0 Å². The Morgan fingerprint density at radius 2 is 1.90 bits per heavy atom. The van der Waals surface area contributed by atoms with Gasteiger partial charge >= 0.3 is 0 Å². The van der Waals surface area contributed by atoms with Crippen LogP contribution in [0.25, 0.3) is 0 Å². The summed E-state index contributed by atoms with van der Waals surface area (Å²) in [6, 6.07) is 16.4. The van der Waals surface area contributed by atoms with E-state index in [2.05, 4.69) is 15.8 Å². The molecule has 31 heavy (non-hydrogen) atoms. The van der Waals surface area contributed by atoms with Crippen molar-refractivity contribution in [3.63, 3.8) is 0 Å². The van der Waals surface area contributed by atoms with Gasteiger partial charge in [0.05, 0.1) is 27.5 Å². The number of hydrazone groups is 1. The van der Waals surface area contributed by atoms with Crippen molar-refractivity contribution in [2.24, 2.45) is 5.10 Å². The van der Waals surface area contributed by atoms with Gasteiger partial charge in [-0.3, -0.25) is 20.3 Å². The fourth-order valence-corrected chi connectivity index (χ4v) is 2.69. The molecule has 0 aromatic heterocycles. The lowest BCUT2D eigenvalue weighted by atomic mass is 10.2. The molecule has 0 bridgehead atoms. The van der Waals surface area contributed by atoms with Crippen LogP contribution in [0.1, 0.15) is 5.56 Å². The summed E-state index contributed by atoms with van der Waals surface area (Å²) in [5, 5.41) is 17.4. The van der Waals surface area contributed by atoms with Crippen LogP contribution < -0.4 is 15.5 Å². The molecule has 3 aromatic carbocycles. The fourth-order valence-electron chi connectivity index (χ4n) is 2.45. The first kappa shape index (κ1) is 21.7. The second-order valence-corrected chi connectivity index (χ2v) is 6.59. The van der Waals surface area contributed by atoms with Crippen molar-refractivity contribution in [3.8, 4) is 5.75 Å². The summed E-state index contributed by atoms with van der Waals surface area (Å²) in [7, 11) is 0. The molecular formula is C21H16ClFN4O4. The molecule has 0 radical (unpaired) electrons. The van der Waals surface area contributed by atoms with Gasteiger partial charge in [0.15, 0.2) is 6.61 Å². The van der Waals surface area contributed by atoms with E-state index in [0.717, 1.165) is 0 Å². The Hall–Kier alpha value is -3.98. The molecule has 0 aliphatic rings. The van der Waals surface area contributed by atoms with Crippen LogP contribution in [0, 0.1) is 15.9 Å². The summed E-state index contributed by atoms with van der Waals surface area (Å²) < 4.78 is 18.9. The predicted octanol–water partition coefficient (Wildman–Crippen LogP) is 4.85. The van der Waals surface area contributed by atoms with E-state index in [9.17, 15) is 19.3 Å². The van der Waals surface area contributed by atoms with Crippen molar-refractivity contribution in [2.45, 2.75) is 0 Å². The van der Waals surface area contributed by atoms with Crippen LogP contribution in [0.4, 0.5) is 21.5 Å². The molecule has 2 N–H and O–H groups in total. The summed E-state index contributed by atoms with van der Waals surface area (Å²) in [5.41, 5.74) is 4.03. The van der Waals surface area contributed by atoms with Gasteiger partial charge < -0.3 is 10.1 Å². The van der Waals surface area contributed by atoms with E-state index in [1.165, 1.54) is 48.7 Å². The first-order chi connectivity index (χ1) is 14.9. The normalized spacial score (nSPS) is 10.6. The predicted molar refractivity (Wildman–Crippen MR) is 116 cm³/mol. The number of ether oxygens (including phenoxy) is 1. The zero-order valence-electron chi connectivity index (χ0n) is 15.9. The highest BCUT2D eigenvalue weighted by molar-refractivity contribution is 6.32. The number of hydrogen-bond donors (Lipinski definition) is 2. The molecule has 0 aliphatic heterocycles. The van der Waals surface area contributed by atoms with Crippen LogP contribution >= 0.6 is 11.6 Å². The number of amides is 1. The zero-order chi connectivity index (χ0) is 22.2. The van der Waals surface area contributed by atoms with Crippen molar-refractivity contribution in [1.29, 1.82) is 0 Å². The van der Waals surface area contributed by atoms with Gasteiger partial charge in [-0.25, -0.2) is 4.39 Å². The number of halogens is 2. The maximum Gasteiger partial charge on any atom is 0.269 e. The average Bonchev–Trinajstić information content (AvgIpc) is 2.75. The lowest BCUT2D eigenvalue weighted by molar-refractivity contribution is -0.384. The van der Waals surface area contributed by atoms with Crippen LogP contribution in [0.15, 0.2) is 71.8 Å². The Kier molecular flexibility index (Phi) is 7.13. The molecule has 0 heterocycles. The molecule has 10 heteroatoms. The molecular weight excluding hydrogens is 427 g/mol. The third-order valence-electron chi connectivity index (χ3n) is 3.95. The van der Waals surface area contributed by atoms with E-state index in [0.29, 0.717) is 11.3 Å². The molecule has 3 aromatic rings. The number of non-ortho nitro benzene ring substituents is 1. The molecule has 0 spiro atoms.